The minimum atomic E-state index is -0.604. The second kappa shape index (κ2) is 10.6. The molecule has 0 rings (SSSR count). The Balaban J connectivity index is 2.95. The van der Waals surface area contributed by atoms with E-state index in [1.54, 1.807) is 0 Å². The lowest BCUT2D eigenvalue weighted by Crippen LogP contribution is -2.36. The number of aliphatic hydroxyl groups is 1. The fourth-order valence-electron chi connectivity index (χ4n) is 0.921. The lowest BCUT2D eigenvalue weighted by Gasteiger charge is -2.09. The number of nitrogens with two attached hydrogens (primary N) is 1. The maximum absolute atomic E-state index is 9.05. The number of hydrogen-bond donors (Lipinski definition) is 5. The van der Waals surface area contributed by atoms with E-state index in [4.69, 9.17) is 10.8 Å². The summed E-state index contributed by atoms with van der Waals surface area (Å²) in [4.78, 5) is 0. The molecule has 1 atom stereocenters. The molecule has 0 radical (unpaired) electrons. The number of rotatable bonds is 10. The lowest BCUT2D eigenvalue weighted by atomic mass is 10.5. The van der Waals surface area contributed by atoms with Crippen LogP contribution in [0.5, 0.6) is 0 Å². The Labute approximate surface area is 85.8 Å². The van der Waals surface area contributed by atoms with Crippen molar-refractivity contribution < 1.29 is 5.11 Å². The molecule has 0 saturated carbocycles. The first-order chi connectivity index (χ1) is 6.81. The zero-order chi connectivity index (χ0) is 10.6. The van der Waals surface area contributed by atoms with Gasteiger partial charge in [-0.1, -0.05) is 6.58 Å². The second-order valence-corrected chi connectivity index (χ2v) is 2.92. The molecule has 0 aromatic rings. The van der Waals surface area contributed by atoms with E-state index in [9.17, 15) is 0 Å². The zero-order valence-electron chi connectivity index (χ0n) is 8.63. The first-order valence-corrected chi connectivity index (χ1v) is 4.96. The van der Waals surface area contributed by atoms with Gasteiger partial charge in [-0.2, -0.15) is 0 Å². The van der Waals surface area contributed by atoms with E-state index in [0.29, 0.717) is 6.54 Å². The third kappa shape index (κ3) is 9.63. The van der Waals surface area contributed by atoms with Crippen LogP contribution in [-0.4, -0.2) is 50.6 Å². The number of hydrogen-bond acceptors (Lipinski definition) is 5. The summed E-state index contributed by atoms with van der Waals surface area (Å²) in [6, 6.07) is 0. The highest BCUT2D eigenvalue weighted by Gasteiger charge is 1.93. The first-order valence-electron chi connectivity index (χ1n) is 4.96. The molecule has 0 saturated heterocycles. The molecular weight excluding hydrogens is 180 g/mol. The third-order valence-corrected chi connectivity index (χ3v) is 1.68. The third-order valence-electron chi connectivity index (χ3n) is 1.68. The van der Waals surface area contributed by atoms with Crippen molar-refractivity contribution in [1.29, 1.82) is 0 Å². The van der Waals surface area contributed by atoms with Crippen LogP contribution in [0.15, 0.2) is 12.7 Å². The summed E-state index contributed by atoms with van der Waals surface area (Å²) in [6.07, 6.45) is 0.857. The van der Waals surface area contributed by atoms with Gasteiger partial charge in [0, 0.05) is 39.3 Å². The molecule has 0 aromatic carbocycles. The molecule has 0 bridgehead atoms. The van der Waals surface area contributed by atoms with Gasteiger partial charge in [-0.25, -0.2) is 0 Å². The van der Waals surface area contributed by atoms with Crippen molar-refractivity contribution in [2.75, 3.05) is 39.3 Å². The molecule has 0 fully saturated rings. The molecule has 0 aliphatic heterocycles. The molecule has 5 nitrogen and oxygen atoms in total. The van der Waals surface area contributed by atoms with Gasteiger partial charge in [0.2, 0.25) is 0 Å². The van der Waals surface area contributed by atoms with Gasteiger partial charge in [0.25, 0.3) is 0 Å². The van der Waals surface area contributed by atoms with E-state index in [2.05, 4.69) is 22.5 Å². The van der Waals surface area contributed by atoms with Crippen LogP contribution in [0.4, 0.5) is 0 Å². The van der Waals surface area contributed by atoms with Crippen molar-refractivity contribution in [2.24, 2.45) is 5.73 Å². The highest BCUT2D eigenvalue weighted by atomic mass is 16.3. The topological polar surface area (TPSA) is 82.3 Å². The molecule has 6 N–H and O–H groups in total. The molecule has 0 spiro atoms. The smallest absolute Gasteiger partial charge is 0.123 e. The van der Waals surface area contributed by atoms with Gasteiger partial charge in [-0.3, -0.25) is 5.32 Å². The summed E-state index contributed by atoms with van der Waals surface area (Å²) in [6.45, 7) is 8.37. The van der Waals surface area contributed by atoms with Crippen molar-refractivity contribution in [3.05, 3.63) is 12.7 Å². The van der Waals surface area contributed by atoms with E-state index >= 15 is 0 Å². The first kappa shape index (κ1) is 13.5. The van der Waals surface area contributed by atoms with Gasteiger partial charge in [-0.15, -0.1) is 0 Å². The Hall–Kier alpha value is -0.460. The molecule has 5 heteroatoms. The Kier molecular flexibility index (Phi) is 10.3. The molecule has 0 aliphatic carbocycles. The largest absolute Gasteiger partial charge is 0.375 e. The van der Waals surface area contributed by atoms with Crippen LogP contribution in [0, 0.1) is 0 Å². The van der Waals surface area contributed by atoms with E-state index < -0.39 is 6.23 Å². The molecular formula is C9H22N4O. The van der Waals surface area contributed by atoms with E-state index in [1.165, 1.54) is 6.08 Å². The van der Waals surface area contributed by atoms with E-state index in [0.717, 1.165) is 32.7 Å². The van der Waals surface area contributed by atoms with Gasteiger partial charge < -0.3 is 21.5 Å². The summed E-state index contributed by atoms with van der Waals surface area (Å²) in [5.41, 5.74) is 5.31. The quantitative estimate of drug-likeness (QED) is 0.164. The highest BCUT2D eigenvalue weighted by molar-refractivity contribution is 4.75. The van der Waals surface area contributed by atoms with Crippen molar-refractivity contribution in [1.82, 2.24) is 16.0 Å². The molecule has 0 aromatic heterocycles. The molecule has 0 aliphatic rings. The van der Waals surface area contributed by atoms with Gasteiger partial charge in [0.15, 0.2) is 0 Å². The Morgan fingerprint density at radius 3 is 2.29 bits per heavy atom. The van der Waals surface area contributed by atoms with Gasteiger partial charge in [-0.05, 0) is 6.08 Å². The monoisotopic (exact) mass is 202 g/mol. The summed E-state index contributed by atoms with van der Waals surface area (Å²) >= 11 is 0. The molecule has 0 heterocycles. The molecule has 14 heavy (non-hydrogen) atoms. The van der Waals surface area contributed by atoms with Gasteiger partial charge >= 0.3 is 0 Å². The van der Waals surface area contributed by atoms with Crippen molar-refractivity contribution in [3.8, 4) is 0 Å². The lowest BCUT2D eigenvalue weighted by molar-refractivity contribution is 0.185. The van der Waals surface area contributed by atoms with Crippen molar-refractivity contribution in [2.45, 2.75) is 6.23 Å². The van der Waals surface area contributed by atoms with Gasteiger partial charge in [0.05, 0.1) is 0 Å². The predicted octanol–water partition coefficient (Wildman–Crippen LogP) is -1.78. The fourth-order valence-corrected chi connectivity index (χ4v) is 0.921. The number of nitrogens with one attached hydrogen (secondary N) is 3. The van der Waals surface area contributed by atoms with E-state index in [1.807, 2.05) is 0 Å². The van der Waals surface area contributed by atoms with Crippen LogP contribution in [0.3, 0.4) is 0 Å². The molecule has 84 valence electrons. The van der Waals surface area contributed by atoms with Crippen LogP contribution < -0.4 is 21.7 Å². The summed E-state index contributed by atoms with van der Waals surface area (Å²) in [5.74, 6) is 0. The average Bonchev–Trinajstić information content (AvgIpc) is 2.21. The second-order valence-electron chi connectivity index (χ2n) is 2.92. The summed E-state index contributed by atoms with van der Waals surface area (Å²) in [5, 5.41) is 18.3. The zero-order valence-corrected chi connectivity index (χ0v) is 8.63. The molecule has 1 unspecified atom stereocenters. The SMILES string of the molecule is C=CC(O)NCCNCCNCCN. The summed E-state index contributed by atoms with van der Waals surface area (Å²) in [7, 11) is 0. The standard InChI is InChI=1S/C9H22N4O/c1-2-9(14)13-8-7-12-6-5-11-4-3-10/h2,9,11-14H,1,3-8,10H2. The minimum absolute atomic E-state index is 0.604. The van der Waals surface area contributed by atoms with Crippen LogP contribution >= 0.6 is 0 Å². The highest BCUT2D eigenvalue weighted by Crippen LogP contribution is 1.73. The van der Waals surface area contributed by atoms with Crippen molar-refractivity contribution >= 4 is 0 Å². The van der Waals surface area contributed by atoms with Gasteiger partial charge in [0.1, 0.15) is 6.23 Å². The predicted molar refractivity (Wildman–Crippen MR) is 59.0 cm³/mol. The normalized spacial score (nSPS) is 12.7. The Morgan fingerprint density at radius 1 is 1.14 bits per heavy atom. The fraction of sp³-hybridized carbons (Fsp3) is 0.778. The number of aliphatic hydroxyl groups excluding tert-OH is 1. The minimum Gasteiger partial charge on any atom is -0.375 e. The maximum atomic E-state index is 9.05. The van der Waals surface area contributed by atoms with E-state index in [-0.39, 0.29) is 0 Å². The average molecular weight is 202 g/mol. The Morgan fingerprint density at radius 2 is 1.71 bits per heavy atom. The van der Waals surface area contributed by atoms with Crippen molar-refractivity contribution in [3.63, 3.8) is 0 Å². The van der Waals surface area contributed by atoms with Crippen LogP contribution in [0.25, 0.3) is 0 Å². The van der Waals surface area contributed by atoms with Crippen LogP contribution in [-0.2, 0) is 0 Å². The summed E-state index contributed by atoms with van der Waals surface area (Å²) < 4.78 is 0. The van der Waals surface area contributed by atoms with Crippen LogP contribution in [0.1, 0.15) is 0 Å². The Bertz CT molecular complexity index is 132. The maximum Gasteiger partial charge on any atom is 0.123 e. The van der Waals surface area contributed by atoms with Crippen LogP contribution in [0.2, 0.25) is 0 Å². The molecule has 0 amide bonds.